The fourth-order valence-electron chi connectivity index (χ4n) is 5.61. The molecule has 1 saturated carbocycles. The average Bonchev–Trinajstić information content (AvgIpc) is 3.31. The number of nitrogens with one attached hydrogen (secondary N) is 2. The SMILES string of the molecule is Cc1nc2c(c(C)c1CNC(=O)[C@@H]1C[C@@H]3CCCC[C@@H]3N1c1ncccn1)c(=O)[nH]n2C. The predicted molar refractivity (Wildman–Crippen MR) is 121 cm³/mol. The first-order valence-corrected chi connectivity index (χ1v) is 11.3. The number of anilines is 1. The number of hydrogen-bond donors (Lipinski definition) is 2. The normalized spacial score (nSPS) is 22.8. The Morgan fingerprint density at radius 3 is 2.75 bits per heavy atom. The first-order valence-electron chi connectivity index (χ1n) is 11.3. The third-order valence-electron chi connectivity index (χ3n) is 7.19. The Labute approximate surface area is 186 Å². The van der Waals surface area contributed by atoms with Crippen LogP contribution in [0.3, 0.4) is 0 Å². The van der Waals surface area contributed by atoms with Crippen molar-refractivity contribution in [1.29, 1.82) is 0 Å². The lowest BCUT2D eigenvalue weighted by Gasteiger charge is -2.33. The Hall–Kier alpha value is -3.23. The highest BCUT2D eigenvalue weighted by atomic mass is 16.2. The fraction of sp³-hybridized carbons (Fsp3) is 0.522. The molecule has 2 aliphatic rings. The first kappa shape index (κ1) is 20.7. The number of rotatable bonds is 4. The van der Waals surface area contributed by atoms with Gasteiger partial charge < -0.3 is 10.2 Å². The van der Waals surface area contributed by atoms with E-state index in [1.165, 1.54) is 12.8 Å². The number of pyridine rings is 1. The standard InChI is InChI=1S/C23H29N7O2/c1-13-16(14(2)27-20-19(13)22(32)28-29(20)3)12-26-21(31)18-11-15-7-4-5-8-17(15)30(18)23-24-9-6-10-25-23/h6,9-10,15,17-18H,4-5,7-8,11-12H2,1-3H3,(H,26,31)(H,28,32)/t15-,17-,18-/m0/s1. The smallest absolute Gasteiger partial charge is 0.273 e. The minimum Gasteiger partial charge on any atom is -0.350 e. The third kappa shape index (κ3) is 3.36. The van der Waals surface area contributed by atoms with Crippen molar-refractivity contribution in [3.8, 4) is 0 Å². The number of carbonyl (C=O) groups is 1. The molecule has 0 bridgehead atoms. The molecule has 3 aromatic heterocycles. The van der Waals surface area contributed by atoms with Gasteiger partial charge >= 0.3 is 0 Å². The summed E-state index contributed by atoms with van der Waals surface area (Å²) in [5, 5.41) is 6.47. The van der Waals surface area contributed by atoms with Crippen molar-refractivity contribution in [2.75, 3.05) is 4.90 Å². The monoisotopic (exact) mass is 435 g/mol. The minimum absolute atomic E-state index is 0.0206. The topological polar surface area (TPSA) is 109 Å². The fourth-order valence-corrected chi connectivity index (χ4v) is 5.61. The Morgan fingerprint density at radius 1 is 1.22 bits per heavy atom. The number of aryl methyl sites for hydroxylation is 3. The highest BCUT2D eigenvalue weighted by Gasteiger charge is 2.46. The molecule has 1 amide bonds. The van der Waals surface area contributed by atoms with Gasteiger partial charge in [0.15, 0.2) is 5.65 Å². The van der Waals surface area contributed by atoms with Crippen LogP contribution in [0.4, 0.5) is 5.95 Å². The van der Waals surface area contributed by atoms with E-state index in [4.69, 9.17) is 0 Å². The van der Waals surface area contributed by atoms with Crippen LogP contribution < -0.4 is 15.8 Å². The van der Waals surface area contributed by atoms with Crippen LogP contribution in [0, 0.1) is 19.8 Å². The van der Waals surface area contributed by atoms with Crippen LogP contribution in [0.2, 0.25) is 0 Å². The van der Waals surface area contributed by atoms with Gasteiger partial charge in [0, 0.05) is 37.7 Å². The molecule has 3 aromatic rings. The van der Waals surface area contributed by atoms with Crippen molar-refractivity contribution < 1.29 is 4.79 Å². The molecule has 0 spiro atoms. The lowest BCUT2D eigenvalue weighted by atomic mass is 9.85. The molecular formula is C23H29N7O2. The summed E-state index contributed by atoms with van der Waals surface area (Å²) < 4.78 is 1.64. The highest BCUT2D eigenvalue weighted by Crippen LogP contribution is 2.41. The summed E-state index contributed by atoms with van der Waals surface area (Å²) in [6.45, 7) is 4.17. The van der Waals surface area contributed by atoms with E-state index in [2.05, 4.69) is 30.3 Å². The Kier molecular flexibility index (Phi) is 5.19. The number of hydrogen-bond acceptors (Lipinski definition) is 6. The predicted octanol–water partition coefficient (Wildman–Crippen LogP) is 2.12. The summed E-state index contributed by atoms with van der Waals surface area (Å²) in [5.41, 5.74) is 3.03. The van der Waals surface area contributed by atoms with Crippen molar-refractivity contribution in [2.45, 2.75) is 64.6 Å². The second-order valence-corrected chi connectivity index (χ2v) is 9.04. The molecular weight excluding hydrogens is 406 g/mol. The zero-order chi connectivity index (χ0) is 22.4. The van der Waals surface area contributed by atoms with E-state index in [-0.39, 0.29) is 17.5 Å². The third-order valence-corrected chi connectivity index (χ3v) is 7.19. The Morgan fingerprint density at radius 2 is 1.97 bits per heavy atom. The summed E-state index contributed by atoms with van der Waals surface area (Å²) in [6, 6.07) is 1.82. The molecule has 9 heteroatoms. The van der Waals surface area contributed by atoms with Crippen molar-refractivity contribution in [3.63, 3.8) is 0 Å². The number of amides is 1. The molecule has 3 atom stereocenters. The quantitative estimate of drug-likeness (QED) is 0.650. The molecule has 2 N–H and O–H groups in total. The van der Waals surface area contributed by atoms with E-state index in [0.29, 0.717) is 35.5 Å². The van der Waals surface area contributed by atoms with Crippen LogP contribution in [0.15, 0.2) is 23.3 Å². The Balaban J connectivity index is 1.41. The molecule has 4 heterocycles. The summed E-state index contributed by atoms with van der Waals surface area (Å²) in [7, 11) is 1.77. The first-order chi connectivity index (χ1) is 15.5. The van der Waals surface area contributed by atoms with Crippen molar-refractivity contribution in [2.24, 2.45) is 13.0 Å². The van der Waals surface area contributed by atoms with Crippen molar-refractivity contribution in [1.82, 2.24) is 30.0 Å². The Bertz CT molecular complexity index is 1220. The van der Waals surface area contributed by atoms with Crippen LogP contribution in [0.25, 0.3) is 11.0 Å². The van der Waals surface area contributed by atoms with E-state index < -0.39 is 0 Å². The molecule has 1 aliphatic carbocycles. The summed E-state index contributed by atoms with van der Waals surface area (Å²) in [6.07, 6.45) is 8.90. The van der Waals surface area contributed by atoms with Gasteiger partial charge in [0.05, 0.1) is 5.39 Å². The maximum Gasteiger partial charge on any atom is 0.273 e. The van der Waals surface area contributed by atoms with Gasteiger partial charge in [-0.05, 0) is 56.2 Å². The average molecular weight is 436 g/mol. The number of fused-ring (bicyclic) bond motifs is 2. The van der Waals surface area contributed by atoms with Crippen LogP contribution >= 0.6 is 0 Å². The lowest BCUT2D eigenvalue weighted by Crippen LogP contribution is -2.47. The number of carbonyl (C=O) groups excluding carboxylic acids is 1. The molecule has 5 rings (SSSR count). The molecule has 1 aliphatic heterocycles. The number of nitrogens with zero attached hydrogens (tertiary/aromatic N) is 5. The van der Waals surface area contributed by atoms with Gasteiger partial charge in [-0.15, -0.1) is 0 Å². The van der Waals surface area contributed by atoms with Gasteiger partial charge in [0.25, 0.3) is 5.56 Å². The molecule has 32 heavy (non-hydrogen) atoms. The minimum atomic E-state index is -0.289. The van der Waals surface area contributed by atoms with E-state index >= 15 is 0 Å². The highest BCUT2D eigenvalue weighted by molar-refractivity contribution is 5.86. The molecule has 1 saturated heterocycles. The second kappa shape index (κ2) is 8.03. The van der Waals surface area contributed by atoms with E-state index in [1.54, 1.807) is 30.2 Å². The largest absolute Gasteiger partial charge is 0.350 e. The summed E-state index contributed by atoms with van der Waals surface area (Å²) in [5.74, 6) is 1.11. The molecule has 2 fully saturated rings. The zero-order valence-electron chi connectivity index (χ0n) is 18.8. The van der Waals surface area contributed by atoms with Crippen LogP contribution in [0.5, 0.6) is 0 Å². The van der Waals surface area contributed by atoms with Gasteiger partial charge in [-0.1, -0.05) is 12.8 Å². The van der Waals surface area contributed by atoms with Crippen LogP contribution in [-0.4, -0.2) is 42.7 Å². The summed E-state index contributed by atoms with van der Waals surface area (Å²) in [4.78, 5) is 41.4. The molecule has 168 valence electrons. The summed E-state index contributed by atoms with van der Waals surface area (Å²) >= 11 is 0. The van der Waals surface area contributed by atoms with Gasteiger partial charge in [-0.2, -0.15) is 0 Å². The van der Waals surface area contributed by atoms with E-state index in [1.807, 2.05) is 13.8 Å². The molecule has 9 nitrogen and oxygen atoms in total. The van der Waals surface area contributed by atoms with Crippen LogP contribution in [-0.2, 0) is 18.4 Å². The lowest BCUT2D eigenvalue weighted by molar-refractivity contribution is -0.122. The van der Waals surface area contributed by atoms with Crippen molar-refractivity contribution >= 4 is 22.9 Å². The van der Waals surface area contributed by atoms with Crippen LogP contribution in [0.1, 0.15) is 48.9 Å². The number of aromatic amines is 1. The number of H-pyrrole nitrogens is 1. The maximum atomic E-state index is 13.4. The molecule has 0 unspecified atom stereocenters. The molecule has 0 aromatic carbocycles. The van der Waals surface area contributed by atoms with Gasteiger partial charge in [-0.25, -0.2) is 15.0 Å². The maximum absolute atomic E-state index is 13.4. The number of aromatic nitrogens is 5. The second-order valence-electron chi connectivity index (χ2n) is 9.04. The van der Waals surface area contributed by atoms with E-state index in [9.17, 15) is 9.59 Å². The molecule has 0 radical (unpaired) electrons. The van der Waals surface area contributed by atoms with Gasteiger partial charge in [0.2, 0.25) is 11.9 Å². The van der Waals surface area contributed by atoms with Crippen molar-refractivity contribution in [3.05, 3.63) is 45.6 Å². The zero-order valence-corrected chi connectivity index (χ0v) is 18.8. The van der Waals surface area contributed by atoms with Gasteiger partial charge in [-0.3, -0.25) is 19.4 Å². The van der Waals surface area contributed by atoms with E-state index in [0.717, 1.165) is 36.1 Å². The van der Waals surface area contributed by atoms with Gasteiger partial charge in [0.1, 0.15) is 6.04 Å².